The summed E-state index contributed by atoms with van der Waals surface area (Å²) < 4.78 is 5.74. The highest BCUT2D eigenvalue weighted by Gasteiger charge is 2.49. The molecule has 24 heavy (non-hydrogen) atoms. The molecule has 2 heterocycles. The lowest BCUT2D eigenvalue weighted by atomic mass is 9.58. The lowest BCUT2D eigenvalue weighted by Gasteiger charge is -2.47. The maximum Gasteiger partial charge on any atom is 0.226 e. The minimum Gasteiger partial charge on any atom is -0.493 e. The molecule has 1 saturated heterocycles. The molecule has 1 amide bonds. The number of rotatable bonds is 4. The minimum atomic E-state index is -0.157. The predicted octanol–water partition coefficient (Wildman–Crippen LogP) is 3.06. The molecule has 0 aromatic heterocycles. The summed E-state index contributed by atoms with van der Waals surface area (Å²) in [4.78, 5) is 13.0. The van der Waals surface area contributed by atoms with Crippen LogP contribution in [-0.2, 0) is 17.8 Å². The zero-order valence-corrected chi connectivity index (χ0v) is 14.8. The van der Waals surface area contributed by atoms with Crippen molar-refractivity contribution >= 4 is 17.5 Å². The maximum absolute atomic E-state index is 13.0. The van der Waals surface area contributed by atoms with Gasteiger partial charge in [0.1, 0.15) is 5.75 Å². The topological polar surface area (TPSA) is 50.4 Å². The first kappa shape index (κ1) is 16.2. The van der Waals surface area contributed by atoms with Gasteiger partial charge in [-0.15, -0.1) is 0 Å². The Morgan fingerprint density at radius 3 is 2.96 bits per heavy atom. The van der Waals surface area contributed by atoms with Gasteiger partial charge in [-0.25, -0.2) is 0 Å². The molecule has 1 atom stereocenters. The van der Waals surface area contributed by atoms with Gasteiger partial charge in [0.2, 0.25) is 5.91 Å². The number of amides is 1. The smallest absolute Gasteiger partial charge is 0.226 e. The number of piperidine rings is 1. The van der Waals surface area contributed by atoms with Crippen molar-refractivity contribution < 1.29 is 9.53 Å². The Balaban J connectivity index is 1.46. The molecule has 2 aliphatic heterocycles. The molecule has 3 aliphatic rings. The Labute approximate surface area is 148 Å². The Kier molecular flexibility index (Phi) is 4.44. The van der Waals surface area contributed by atoms with E-state index in [9.17, 15) is 4.79 Å². The summed E-state index contributed by atoms with van der Waals surface area (Å²) in [6.45, 7) is 3.27. The van der Waals surface area contributed by atoms with Crippen LogP contribution in [0.15, 0.2) is 12.1 Å². The molecule has 1 aliphatic carbocycles. The van der Waals surface area contributed by atoms with E-state index in [0.717, 1.165) is 60.7 Å². The van der Waals surface area contributed by atoms with Gasteiger partial charge in [0.05, 0.1) is 12.0 Å². The monoisotopic (exact) mass is 348 g/mol. The van der Waals surface area contributed by atoms with Crippen LogP contribution in [0, 0.1) is 11.3 Å². The SMILES string of the molecule is O=C(NCc1cc(Cl)cc2c1OCC2)C1(C2CCCNC2)CCC1. The minimum absolute atomic E-state index is 0.157. The second-order valence-electron chi connectivity index (χ2n) is 7.39. The normalized spacial score (nSPS) is 24.6. The van der Waals surface area contributed by atoms with Crippen molar-refractivity contribution in [2.45, 2.75) is 45.1 Å². The van der Waals surface area contributed by atoms with Crippen LogP contribution >= 0.6 is 11.6 Å². The Hall–Kier alpha value is -1.26. The highest BCUT2D eigenvalue weighted by atomic mass is 35.5. The van der Waals surface area contributed by atoms with Gasteiger partial charge in [-0.3, -0.25) is 4.79 Å². The van der Waals surface area contributed by atoms with E-state index in [-0.39, 0.29) is 11.3 Å². The average molecular weight is 349 g/mol. The summed E-state index contributed by atoms with van der Waals surface area (Å²) in [5.74, 6) is 1.61. The van der Waals surface area contributed by atoms with Crippen LogP contribution in [0.1, 0.15) is 43.2 Å². The second-order valence-corrected chi connectivity index (χ2v) is 7.82. The fraction of sp³-hybridized carbons (Fsp3) is 0.632. The second kappa shape index (κ2) is 6.57. The lowest BCUT2D eigenvalue weighted by molar-refractivity contribution is -0.141. The number of ether oxygens (including phenoxy) is 1. The van der Waals surface area contributed by atoms with Crippen LogP contribution in [-0.4, -0.2) is 25.6 Å². The van der Waals surface area contributed by atoms with Crippen molar-refractivity contribution in [2.24, 2.45) is 11.3 Å². The van der Waals surface area contributed by atoms with Crippen LogP contribution < -0.4 is 15.4 Å². The number of nitrogens with one attached hydrogen (secondary N) is 2. The standard InChI is InChI=1S/C19H25ClN2O2/c20-16-9-13-4-8-24-17(13)14(10-16)11-22-18(23)19(5-2-6-19)15-3-1-7-21-12-15/h9-10,15,21H,1-8,11-12H2,(H,22,23). The zero-order valence-electron chi connectivity index (χ0n) is 14.0. The summed E-state index contributed by atoms with van der Waals surface area (Å²) in [5, 5.41) is 7.37. The lowest BCUT2D eigenvalue weighted by Crippen LogP contribution is -2.54. The van der Waals surface area contributed by atoms with Gasteiger partial charge in [0, 0.05) is 23.6 Å². The molecule has 130 valence electrons. The molecule has 2 N–H and O–H groups in total. The largest absolute Gasteiger partial charge is 0.493 e. The van der Waals surface area contributed by atoms with Crippen molar-refractivity contribution in [3.63, 3.8) is 0 Å². The van der Waals surface area contributed by atoms with E-state index in [4.69, 9.17) is 16.3 Å². The van der Waals surface area contributed by atoms with E-state index in [0.29, 0.717) is 19.1 Å². The van der Waals surface area contributed by atoms with E-state index in [1.807, 2.05) is 12.1 Å². The van der Waals surface area contributed by atoms with Crippen molar-refractivity contribution in [1.29, 1.82) is 0 Å². The van der Waals surface area contributed by atoms with Crippen molar-refractivity contribution in [3.05, 3.63) is 28.3 Å². The summed E-state index contributed by atoms with van der Waals surface area (Å²) in [6, 6.07) is 3.89. The van der Waals surface area contributed by atoms with E-state index in [1.54, 1.807) is 0 Å². The van der Waals surface area contributed by atoms with E-state index in [2.05, 4.69) is 10.6 Å². The quantitative estimate of drug-likeness (QED) is 0.879. The van der Waals surface area contributed by atoms with Gasteiger partial charge in [0.25, 0.3) is 0 Å². The van der Waals surface area contributed by atoms with Gasteiger partial charge < -0.3 is 15.4 Å². The summed E-state index contributed by atoms with van der Waals surface area (Å²) in [7, 11) is 0. The van der Waals surface area contributed by atoms with E-state index >= 15 is 0 Å². The first-order valence-electron chi connectivity index (χ1n) is 9.12. The van der Waals surface area contributed by atoms with Crippen LogP contribution in [0.3, 0.4) is 0 Å². The predicted molar refractivity (Wildman–Crippen MR) is 94.4 cm³/mol. The molecule has 0 radical (unpaired) electrons. The van der Waals surface area contributed by atoms with Gasteiger partial charge >= 0.3 is 0 Å². The number of hydrogen-bond donors (Lipinski definition) is 2. The first-order valence-corrected chi connectivity index (χ1v) is 9.50. The number of carbonyl (C=O) groups excluding carboxylic acids is 1. The molecule has 2 fully saturated rings. The zero-order chi connectivity index (χ0) is 16.6. The van der Waals surface area contributed by atoms with E-state index < -0.39 is 0 Å². The fourth-order valence-corrected chi connectivity index (χ4v) is 4.79. The molecule has 1 saturated carbocycles. The maximum atomic E-state index is 13.0. The average Bonchev–Trinajstić information content (AvgIpc) is 3.01. The van der Waals surface area contributed by atoms with Crippen molar-refractivity contribution in [3.8, 4) is 5.75 Å². The van der Waals surface area contributed by atoms with Crippen LogP contribution in [0.2, 0.25) is 5.02 Å². The van der Waals surface area contributed by atoms with Gasteiger partial charge in [0.15, 0.2) is 0 Å². The summed E-state index contributed by atoms with van der Waals surface area (Å²) >= 11 is 6.22. The highest BCUT2D eigenvalue weighted by Crippen LogP contribution is 2.49. The molecular formula is C19H25ClN2O2. The number of fused-ring (bicyclic) bond motifs is 1. The summed E-state index contributed by atoms with van der Waals surface area (Å²) in [5.41, 5.74) is 2.00. The molecule has 1 aromatic carbocycles. The fourth-order valence-electron chi connectivity index (χ4n) is 4.53. The number of hydrogen-bond acceptors (Lipinski definition) is 3. The van der Waals surface area contributed by atoms with Crippen molar-refractivity contribution in [1.82, 2.24) is 10.6 Å². The number of benzene rings is 1. The van der Waals surface area contributed by atoms with Crippen LogP contribution in [0.25, 0.3) is 0 Å². The summed E-state index contributed by atoms with van der Waals surface area (Å²) in [6.07, 6.45) is 6.45. The van der Waals surface area contributed by atoms with Crippen LogP contribution in [0.4, 0.5) is 0 Å². The molecule has 1 aromatic rings. The Morgan fingerprint density at radius 2 is 2.25 bits per heavy atom. The molecule has 0 bridgehead atoms. The number of halogens is 1. The molecule has 4 rings (SSSR count). The third-order valence-corrected chi connectivity index (χ3v) is 6.26. The third-order valence-electron chi connectivity index (χ3n) is 6.04. The van der Waals surface area contributed by atoms with E-state index in [1.165, 1.54) is 12.8 Å². The van der Waals surface area contributed by atoms with Gasteiger partial charge in [-0.05, 0) is 62.4 Å². The van der Waals surface area contributed by atoms with Crippen molar-refractivity contribution in [2.75, 3.05) is 19.7 Å². The Bertz CT molecular complexity index is 636. The molecule has 0 spiro atoms. The molecule has 5 heteroatoms. The van der Waals surface area contributed by atoms with Gasteiger partial charge in [-0.2, -0.15) is 0 Å². The third kappa shape index (κ3) is 2.80. The molecule has 1 unspecified atom stereocenters. The highest BCUT2D eigenvalue weighted by molar-refractivity contribution is 6.30. The number of carbonyl (C=O) groups is 1. The molecular weight excluding hydrogens is 324 g/mol. The first-order chi connectivity index (χ1) is 11.7. The van der Waals surface area contributed by atoms with Gasteiger partial charge in [-0.1, -0.05) is 18.0 Å². The Morgan fingerprint density at radius 1 is 1.38 bits per heavy atom. The molecule has 4 nitrogen and oxygen atoms in total. The van der Waals surface area contributed by atoms with Crippen LogP contribution in [0.5, 0.6) is 5.75 Å².